The molecule has 0 spiro atoms. The van der Waals surface area contributed by atoms with Crippen LogP contribution in [0.2, 0.25) is 0 Å². The maximum atomic E-state index is 12.7. The zero-order valence-corrected chi connectivity index (χ0v) is 9.19. The summed E-state index contributed by atoms with van der Waals surface area (Å²) in [4.78, 5) is 10.1. The molecule has 0 bridgehead atoms. The fourth-order valence-corrected chi connectivity index (χ4v) is 2.29. The predicted molar refractivity (Wildman–Crippen MR) is 53.0 cm³/mol. The molecular formula is C9H10F3NO2S. The minimum absolute atomic E-state index is 0.0307. The van der Waals surface area contributed by atoms with Crippen molar-refractivity contribution < 1.29 is 22.7 Å². The average Bonchev–Trinajstić information content (AvgIpc) is 2.56. The second-order valence-electron chi connectivity index (χ2n) is 3.16. The summed E-state index contributed by atoms with van der Waals surface area (Å²) in [5.74, 6) is 0. The number of nitrogens with two attached hydrogens (primary N) is 1. The molecule has 1 aromatic rings. The molecule has 7 heteroatoms. The summed E-state index contributed by atoms with van der Waals surface area (Å²) in [7, 11) is 0. The van der Waals surface area contributed by atoms with Crippen molar-refractivity contribution in [3.05, 3.63) is 21.4 Å². The smallest absolute Gasteiger partial charge is 0.417 e. The first-order valence-electron chi connectivity index (χ1n) is 4.34. The van der Waals surface area contributed by atoms with Crippen molar-refractivity contribution in [3.8, 4) is 0 Å². The quantitative estimate of drug-likeness (QED) is 0.837. The van der Waals surface area contributed by atoms with Gasteiger partial charge in [0.1, 0.15) is 6.61 Å². The molecular weight excluding hydrogens is 243 g/mol. The van der Waals surface area contributed by atoms with E-state index in [0.717, 1.165) is 11.3 Å². The lowest BCUT2D eigenvalue weighted by Gasteiger charge is -2.14. The third-order valence-electron chi connectivity index (χ3n) is 2.03. The molecule has 0 aliphatic rings. The van der Waals surface area contributed by atoms with E-state index in [2.05, 4.69) is 4.74 Å². The first-order valence-corrected chi connectivity index (χ1v) is 5.22. The molecule has 3 nitrogen and oxygen atoms in total. The summed E-state index contributed by atoms with van der Waals surface area (Å²) in [6.07, 6.45) is -4.43. The Balaban J connectivity index is 3.00. The highest BCUT2D eigenvalue weighted by atomic mass is 32.1. The van der Waals surface area contributed by atoms with Crippen molar-refractivity contribution in [3.63, 3.8) is 0 Å². The van der Waals surface area contributed by atoms with Crippen molar-refractivity contribution in [1.29, 1.82) is 0 Å². The Morgan fingerprint density at radius 2 is 2.25 bits per heavy atom. The Kier molecular flexibility index (Phi) is 3.93. The van der Waals surface area contributed by atoms with Gasteiger partial charge < -0.3 is 10.5 Å². The highest BCUT2D eigenvalue weighted by molar-refractivity contribution is 7.10. The monoisotopic (exact) mass is 253 g/mol. The Labute approximate surface area is 94.0 Å². The highest BCUT2D eigenvalue weighted by Gasteiger charge is 2.37. The number of ether oxygens (including phenoxy) is 1. The van der Waals surface area contributed by atoms with Crippen LogP contribution in [0, 0.1) is 6.92 Å². The van der Waals surface area contributed by atoms with E-state index >= 15 is 0 Å². The lowest BCUT2D eigenvalue weighted by Crippen LogP contribution is -2.20. The third kappa shape index (κ3) is 2.73. The molecule has 0 fully saturated rings. The Hall–Kier alpha value is -1.08. The van der Waals surface area contributed by atoms with Crippen molar-refractivity contribution in [2.75, 3.05) is 6.61 Å². The average molecular weight is 253 g/mol. The van der Waals surface area contributed by atoms with Crippen LogP contribution < -0.4 is 5.73 Å². The molecule has 1 rings (SSSR count). The van der Waals surface area contributed by atoms with Crippen LogP contribution in [-0.4, -0.2) is 13.1 Å². The fourth-order valence-electron chi connectivity index (χ4n) is 1.34. The molecule has 1 unspecified atom stereocenters. The molecule has 0 aromatic carbocycles. The second kappa shape index (κ2) is 4.84. The Morgan fingerprint density at radius 1 is 1.62 bits per heavy atom. The zero-order valence-electron chi connectivity index (χ0n) is 8.38. The van der Waals surface area contributed by atoms with Gasteiger partial charge >= 0.3 is 6.18 Å². The molecule has 1 heterocycles. The van der Waals surface area contributed by atoms with E-state index in [0.29, 0.717) is 0 Å². The summed E-state index contributed by atoms with van der Waals surface area (Å²) in [6, 6.07) is -0.952. The van der Waals surface area contributed by atoms with Gasteiger partial charge in [-0.1, -0.05) is 0 Å². The SMILES string of the molecule is Cc1scc(C(N)COC=O)c1C(F)(F)F. The summed E-state index contributed by atoms with van der Waals surface area (Å²) in [5.41, 5.74) is 4.76. The van der Waals surface area contributed by atoms with Crippen LogP contribution in [0.5, 0.6) is 0 Å². The molecule has 0 aliphatic carbocycles. The number of alkyl halides is 3. The predicted octanol–water partition coefficient (Wildman–Crippen LogP) is 2.25. The van der Waals surface area contributed by atoms with Crippen LogP contribution in [0.3, 0.4) is 0 Å². The fraction of sp³-hybridized carbons (Fsp3) is 0.444. The van der Waals surface area contributed by atoms with Gasteiger partial charge in [-0.15, -0.1) is 11.3 Å². The number of hydrogen-bond donors (Lipinski definition) is 1. The Morgan fingerprint density at radius 3 is 2.75 bits per heavy atom. The number of halogens is 3. The van der Waals surface area contributed by atoms with E-state index in [9.17, 15) is 18.0 Å². The van der Waals surface area contributed by atoms with Gasteiger partial charge in [0.05, 0.1) is 11.6 Å². The molecule has 0 radical (unpaired) electrons. The van der Waals surface area contributed by atoms with Gasteiger partial charge in [0, 0.05) is 4.88 Å². The van der Waals surface area contributed by atoms with E-state index in [1.165, 1.54) is 12.3 Å². The maximum absolute atomic E-state index is 12.7. The topological polar surface area (TPSA) is 52.3 Å². The maximum Gasteiger partial charge on any atom is 0.417 e. The Bertz CT molecular complexity index is 375. The number of carbonyl (C=O) groups excluding carboxylic acids is 1. The molecule has 1 aromatic heterocycles. The number of thiophene rings is 1. The molecule has 0 saturated carbocycles. The number of aryl methyl sites for hydroxylation is 1. The van der Waals surface area contributed by atoms with Gasteiger partial charge in [0.2, 0.25) is 0 Å². The zero-order chi connectivity index (χ0) is 12.3. The number of hydrogen-bond acceptors (Lipinski definition) is 4. The van der Waals surface area contributed by atoms with Crippen molar-refractivity contribution >= 4 is 17.8 Å². The minimum Gasteiger partial charge on any atom is -0.466 e. The van der Waals surface area contributed by atoms with Gasteiger partial charge in [-0.25, -0.2) is 0 Å². The molecule has 2 N–H and O–H groups in total. The summed E-state index contributed by atoms with van der Waals surface area (Å²) < 4.78 is 42.4. The number of carbonyl (C=O) groups is 1. The van der Waals surface area contributed by atoms with E-state index in [4.69, 9.17) is 5.73 Å². The van der Waals surface area contributed by atoms with Crippen molar-refractivity contribution in [2.24, 2.45) is 5.73 Å². The van der Waals surface area contributed by atoms with Crippen LogP contribution in [-0.2, 0) is 15.7 Å². The van der Waals surface area contributed by atoms with E-state index in [1.807, 2.05) is 0 Å². The van der Waals surface area contributed by atoms with Gasteiger partial charge in [-0.05, 0) is 17.9 Å². The highest BCUT2D eigenvalue weighted by Crippen LogP contribution is 2.39. The lowest BCUT2D eigenvalue weighted by molar-refractivity contribution is -0.138. The molecule has 0 aliphatic heterocycles. The lowest BCUT2D eigenvalue weighted by atomic mass is 10.1. The summed E-state index contributed by atoms with van der Waals surface area (Å²) in [6.45, 7) is 1.28. The van der Waals surface area contributed by atoms with Crippen LogP contribution in [0.15, 0.2) is 5.38 Å². The van der Waals surface area contributed by atoms with E-state index in [1.54, 1.807) is 0 Å². The molecule has 1 atom stereocenters. The van der Waals surface area contributed by atoms with Gasteiger partial charge in [0.25, 0.3) is 6.47 Å². The van der Waals surface area contributed by atoms with Crippen LogP contribution in [0.4, 0.5) is 13.2 Å². The first kappa shape index (κ1) is 13.0. The molecule has 0 amide bonds. The standard InChI is InChI=1S/C9H10F3NO2S/c1-5-8(9(10,11)12)6(3-16-5)7(13)2-15-4-14/h3-4,7H,2,13H2,1H3. The third-order valence-corrected chi connectivity index (χ3v) is 2.96. The van der Waals surface area contributed by atoms with Gasteiger partial charge in [-0.2, -0.15) is 13.2 Å². The summed E-state index contributed by atoms with van der Waals surface area (Å²) >= 11 is 0.976. The van der Waals surface area contributed by atoms with Crippen molar-refractivity contribution in [1.82, 2.24) is 0 Å². The van der Waals surface area contributed by atoms with Crippen LogP contribution in [0.1, 0.15) is 22.0 Å². The van der Waals surface area contributed by atoms with Crippen molar-refractivity contribution in [2.45, 2.75) is 19.1 Å². The largest absolute Gasteiger partial charge is 0.466 e. The summed E-state index contributed by atoms with van der Waals surface area (Å²) in [5, 5.41) is 1.34. The first-order chi connectivity index (χ1) is 7.38. The molecule has 16 heavy (non-hydrogen) atoms. The van der Waals surface area contributed by atoms with E-state index < -0.39 is 17.8 Å². The number of rotatable bonds is 4. The minimum atomic E-state index is -4.43. The van der Waals surface area contributed by atoms with E-state index in [-0.39, 0.29) is 23.5 Å². The molecule has 90 valence electrons. The van der Waals surface area contributed by atoms with Crippen LogP contribution in [0.25, 0.3) is 0 Å². The molecule has 0 saturated heterocycles. The van der Waals surface area contributed by atoms with Gasteiger partial charge in [-0.3, -0.25) is 4.79 Å². The normalized spacial score (nSPS) is 13.6. The van der Waals surface area contributed by atoms with Crippen LogP contribution >= 0.6 is 11.3 Å². The van der Waals surface area contributed by atoms with Gasteiger partial charge in [0.15, 0.2) is 0 Å². The second-order valence-corrected chi connectivity index (χ2v) is 4.24.